The Labute approximate surface area is 143 Å². The van der Waals surface area contributed by atoms with Crippen LogP contribution in [0.25, 0.3) is 6.08 Å². The summed E-state index contributed by atoms with van der Waals surface area (Å²) in [6.45, 7) is 7.28. The Morgan fingerprint density at radius 3 is 1.92 bits per heavy atom. The lowest BCUT2D eigenvalue weighted by molar-refractivity contribution is -0.163. The third kappa shape index (κ3) is 4.16. The molecule has 1 aromatic rings. The van der Waals surface area contributed by atoms with Crippen LogP contribution in [0.2, 0.25) is 0 Å². The summed E-state index contributed by atoms with van der Waals surface area (Å²) in [6.07, 6.45) is 1.71. The topological polar surface area (TPSA) is 83.8 Å². The highest BCUT2D eigenvalue weighted by Crippen LogP contribution is 2.40. The van der Waals surface area contributed by atoms with Gasteiger partial charge in [-0.05, 0) is 41.5 Å². The maximum absolute atomic E-state index is 12.0. The predicted octanol–water partition coefficient (Wildman–Crippen LogP) is 3.94. The van der Waals surface area contributed by atoms with E-state index in [1.807, 2.05) is 27.7 Å². The minimum Gasteiger partial charge on any atom is -0.497 e. The van der Waals surface area contributed by atoms with Crippen molar-refractivity contribution in [2.24, 2.45) is 17.3 Å². The predicted molar refractivity (Wildman–Crippen MR) is 93.0 cm³/mol. The summed E-state index contributed by atoms with van der Waals surface area (Å²) in [6, 6.07) is 7.08. The van der Waals surface area contributed by atoms with E-state index >= 15 is 0 Å². The summed E-state index contributed by atoms with van der Waals surface area (Å²) in [5.74, 6) is -2.26. The second-order valence-electron chi connectivity index (χ2n) is 6.64. The molecule has 0 bridgehead atoms. The number of methoxy groups -OCH3 is 1. The van der Waals surface area contributed by atoms with E-state index < -0.39 is 17.4 Å². The van der Waals surface area contributed by atoms with E-state index in [1.165, 1.54) is 0 Å². The van der Waals surface area contributed by atoms with Gasteiger partial charge in [0.25, 0.3) is 0 Å². The molecule has 1 rings (SSSR count). The van der Waals surface area contributed by atoms with Gasteiger partial charge in [0.2, 0.25) is 0 Å². The molecule has 0 atom stereocenters. The zero-order valence-corrected chi connectivity index (χ0v) is 14.9. The second kappa shape index (κ2) is 7.99. The summed E-state index contributed by atoms with van der Waals surface area (Å²) in [7, 11) is 1.56. The zero-order chi connectivity index (χ0) is 18.5. The number of benzene rings is 1. The molecule has 132 valence electrons. The van der Waals surface area contributed by atoms with Gasteiger partial charge >= 0.3 is 11.9 Å². The summed E-state index contributed by atoms with van der Waals surface area (Å²) < 4.78 is 5.11. The number of carboxylic acids is 2. The fourth-order valence-corrected chi connectivity index (χ4v) is 2.91. The molecule has 0 saturated heterocycles. The molecule has 0 unspecified atom stereocenters. The van der Waals surface area contributed by atoms with Gasteiger partial charge in [-0.3, -0.25) is 9.59 Å². The van der Waals surface area contributed by atoms with Crippen molar-refractivity contribution in [3.05, 3.63) is 35.4 Å². The van der Waals surface area contributed by atoms with Gasteiger partial charge in [-0.1, -0.05) is 45.9 Å². The van der Waals surface area contributed by atoms with Gasteiger partial charge in [-0.15, -0.1) is 0 Å². The van der Waals surface area contributed by atoms with Crippen LogP contribution in [0.5, 0.6) is 5.75 Å². The molecule has 24 heavy (non-hydrogen) atoms. The van der Waals surface area contributed by atoms with E-state index in [4.69, 9.17) is 4.74 Å². The highest BCUT2D eigenvalue weighted by molar-refractivity contribution is 6.03. The van der Waals surface area contributed by atoms with E-state index in [0.29, 0.717) is 11.3 Å². The summed E-state index contributed by atoms with van der Waals surface area (Å²) in [5, 5.41) is 19.6. The van der Waals surface area contributed by atoms with Gasteiger partial charge in [0, 0.05) is 0 Å². The van der Waals surface area contributed by atoms with Crippen LogP contribution in [0.3, 0.4) is 0 Å². The Morgan fingerprint density at radius 2 is 1.58 bits per heavy atom. The third-order valence-electron chi connectivity index (χ3n) is 4.00. The van der Waals surface area contributed by atoms with Crippen molar-refractivity contribution >= 4 is 18.0 Å². The van der Waals surface area contributed by atoms with Crippen LogP contribution < -0.4 is 4.74 Å². The summed E-state index contributed by atoms with van der Waals surface area (Å²) in [5.41, 5.74) is -0.793. The summed E-state index contributed by atoms with van der Waals surface area (Å²) in [4.78, 5) is 24.0. The standard InChI is InChI=1S/C19H26O5/c1-12(2)11-19(17(20)21,18(22)23)16(13(3)4)10-14-6-8-15(24-5)9-7-14/h6-10,12-13H,11H2,1-5H3,(H,20,21)(H,22,23). The van der Waals surface area contributed by atoms with Gasteiger partial charge in [0.05, 0.1) is 7.11 Å². The number of hydrogen-bond acceptors (Lipinski definition) is 3. The van der Waals surface area contributed by atoms with Crippen molar-refractivity contribution < 1.29 is 24.5 Å². The molecule has 0 aliphatic rings. The normalized spacial score (nSPS) is 12.5. The molecule has 0 saturated carbocycles. The molecule has 5 heteroatoms. The lowest BCUT2D eigenvalue weighted by Gasteiger charge is -2.32. The Morgan fingerprint density at radius 1 is 1.08 bits per heavy atom. The van der Waals surface area contributed by atoms with Crippen molar-refractivity contribution in [1.82, 2.24) is 0 Å². The van der Waals surface area contributed by atoms with E-state index in [2.05, 4.69) is 0 Å². The first-order chi connectivity index (χ1) is 11.1. The molecule has 0 aliphatic carbocycles. The average Bonchev–Trinajstić information content (AvgIpc) is 2.50. The molecule has 1 aromatic carbocycles. The van der Waals surface area contributed by atoms with E-state index in [0.717, 1.165) is 5.56 Å². The van der Waals surface area contributed by atoms with E-state index in [-0.39, 0.29) is 18.3 Å². The number of ether oxygens (including phenoxy) is 1. The number of aliphatic carboxylic acids is 2. The number of rotatable bonds is 8. The SMILES string of the molecule is COc1ccc(C=C(C(C)C)C(CC(C)C)(C(=O)O)C(=O)O)cc1. The lowest BCUT2D eigenvalue weighted by atomic mass is 9.69. The molecule has 0 fully saturated rings. The zero-order valence-electron chi connectivity index (χ0n) is 14.9. The van der Waals surface area contributed by atoms with Crippen LogP contribution in [0.1, 0.15) is 39.7 Å². The van der Waals surface area contributed by atoms with Gasteiger partial charge in [0.15, 0.2) is 5.41 Å². The second-order valence-corrected chi connectivity index (χ2v) is 6.64. The molecular weight excluding hydrogens is 308 g/mol. The van der Waals surface area contributed by atoms with Gasteiger partial charge in [0.1, 0.15) is 5.75 Å². The first kappa shape index (κ1) is 19.7. The summed E-state index contributed by atoms with van der Waals surface area (Å²) >= 11 is 0. The Kier molecular flexibility index (Phi) is 6.58. The maximum atomic E-state index is 12.0. The molecule has 0 heterocycles. The first-order valence-electron chi connectivity index (χ1n) is 7.98. The monoisotopic (exact) mass is 334 g/mol. The maximum Gasteiger partial charge on any atom is 0.325 e. The van der Waals surface area contributed by atoms with Crippen LogP contribution >= 0.6 is 0 Å². The average molecular weight is 334 g/mol. The minimum atomic E-state index is -1.93. The van der Waals surface area contributed by atoms with Crippen molar-refractivity contribution in [1.29, 1.82) is 0 Å². The molecule has 0 radical (unpaired) electrons. The van der Waals surface area contributed by atoms with Crippen molar-refractivity contribution in [3.63, 3.8) is 0 Å². The van der Waals surface area contributed by atoms with Crippen molar-refractivity contribution in [3.8, 4) is 5.75 Å². The largest absolute Gasteiger partial charge is 0.497 e. The van der Waals surface area contributed by atoms with Crippen LogP contribution in [-0.4, -0.2) is 29.3 Å². The van der Waals surface area contributed by atoms with Gasteiger partial charge in [-0.2, -0.15) is 0 Å². The van der Waals surface area contributed by atoms with Gasteiger partial charge < -0.3 is 14.9 Å². The fraction of sp³-hybridized carbons (Fsp3) is 0.474. The molecule has 0 aromatic heterocycles. The number of carboxylic acid groups (broad SMARTS) is 2. The molecule has 0 amide bonds. The number of carbonyl (C=O) groups is 2. The van der Waals surface area contributed by atoms with Crippen molar-refractivity contribution in [2.75, 3.05) is 7.11 Å². The molecule has 5 nitrogen and oxygen atoms in total. The first-order valence-corrected chi connectivity index (χ1v) is 7.98. The van der Waals surface area contributed by atoms with Gasteiger partial charge in [-0.25, -0.2) is 0 Å². The van der Waals surface area contributed by atoms with Crippen LogP contribution in [0, 0.1) is 17.3 Å². The lowest BCUT2D eigenvalue weighted by Crippen LogP contribution is -2.43. The quantitative estimate of drug-likeness (QED) is 0.704. The Balaban J connectivity index is 3.52. The number of hydrogen-bond donors (Lipinski definition) is 2. The molecule has 0 spiro atoms. The Hall–Kier alpha value is -2.30. The van der Waals surface area contributed by atoms with Crippen LogP contribution in [0.15, 0.2) is 29.8 Å². The highest BCUT2D eigenvalue weighted by atomic mass is 16.5. The van der Waals surface area contributed by atoms with Crippen LogP contribution in [0.4, 0.5) is 0 Å². The van der Waals surface area contributed by atoms with Crippen molar-refractivity contribution in [2.45, 2.75) is 34.1 Å². The van der Waals surface area contributed by atoms with E-state index in [1.54, 1.807) is 37.5 Å². The molecule has 0 aliphatic heterocycles. The smallest absolute Gasteiger partial charge is 0.325 e. The minimum absolute atomic E-state index is 0.0395. The fourth-order valence-electron chi connectivity index (χ4n) is 2.91. The van der Waals surface area contributed by atoms with E-state index in [9.17, 15) is 19.8 Å². The third-order valence-corrected chi connectivity index (χ3v) is 4.00. The molecule has 2 N–H and O–H groups in total. The Bertz CT molecular complexity index is 597. The molecular formula is C19H26O5. The van der Waals surface area contributed by atoms with Crippen LogP contribution in [-0.2, 0) is 9.59 Å². The highest BCUT2D eigenvalue weighted by Gasteiger charge is 2.50.